The van der Waals surface area contributed by atoms with Crippen LogP contribution in [0.15, 0.2) is 30.6 Å². The summed E-state index contributed by atoms with van der Waals surface area (Å²) in [6.45, 7) is 1.89. The summed E-state index contributed by atoms with van der Waals surface area (Å²) in [7, 11) is -3.15. The van der Waals surface area contributed by atoms with Crippen LogP contribution in [0.2, 0.25) is 0 Å². The van der Waals surface area contributed by atoms with Crippen LogP contribution in [-0.2, 0) is 16.6 Å². The Morgan fingerprint density at radius 1 is 1.44 bits per heavy atom. The smallest absolute Gasteiger partial charge is 0.211 e. The third kappa shape index (κ3) is 2.23. The van der Waals surface area contributed by atoms with Gasteiger partial charge in [-0.3, -0.25) is 0 Å². The summed E-state index contributed by atoms with van der Waals surface area (Å²) in [5, 5.41) is 4.13. The maximum atomic E-state index is 11.3. The molecule has 0 saturated heterocycles. The Balaban J connectivity index is 2.22. The third-order valence-corrected chi connectivity index (χ3v) is 3.71. The number of nitrogens with zero attached hydrogens (tertiary/aromatic N) is 2. The second-order valence-electron chi connectivity index (χ2n) is 3.42. The highest BCUT2D eigenvalue weighted by Gasteiger charge is 2.08. The maximum Gasteiger partial charge on any atom is 0.211 e. The SMILES string of the molecule is CCS(=O)(=O)NCc1cnn2ccccc12. The molecule has 2 heterocycles. The van der Waals surface area contributed by atoms with E-state index in [4.69, 9.17) is 0 Å². The molecule has 0 spiro atoms. The van der Waals surface area contributed by atoms with Crippen molar-refractivity contribution >= 4 is 15.5 Å². The molecule has 0 bridgehead atoms. The van der Waals surface area contributed by atoms with Crippen LogP contribution in [0.1, 0.15) is 12.5 Å². The lowest BCUT2D eigenvalue weighted by Crippen LogP contribution is -2.24. The van der Waals surface area contributed by atoms with Gasteiger partial charge in [0.1, 0.15) is 0 Å². The highest BCUT2D eigenvalue weighted by atomic mass is 32.2. The molecule has 5 nitrogen and oxygen atoms in total. The standard InChI is InChI=1S/C10H13N3O2S/c1-2-16(14,15)12-8-9-7-11-13-6-4-3-5-10(9)13/h3-7,12H,2,8H2,1H3. The highest BCUT2D eigenvalue weighted by Crippen LogP contribution is 2.09. The molecule has 2 rings (SSSR count). The second kappa shape index (κ2) is 4.23. The summed E-state index contributed by atoms with van der Waals surface area (Å²) in [5.41, 5.74) is 1.79. The number of rotatable bonds is 4. The number of hydrogen-bond acceptors (Lipinski definition) is 3. The van der Waals surface area contributed by atoms with E-state index in [0.717, 1.165) is 11.1 Å². The predicted molar refractivity (Wildman–Crippen MR) is 61.5 cm³/mol. The average Bonchev–Trinajstić information content (AvgIpc) is 2.70. The molecule has 0 amide bonds. The molecule has 2 aromatic rings. The molecular weight excluding hydrogens is 226 g/mol. The van der Waals surface area contributed by atoms with E-state index in [2.05, 4.69) is 9.82 Å². The molecule has 0 saturated carbocycles. The fraction of sp³-hybridized carbons (Fsp3) is 0.300. The number of aromatic nitrogens is 2. The lowest BCUT2D eigenvalue weighted by molar-refractivity contribution is 0.583. The summed E-state index contributed by atoms with van der Waals surface area (Å²) in [5.74, 6) is 0.0895. The quantitative estimate of drug-likeness (QED) is 0.857. The zero-order valence-electron chi connectivity index (χ0n) is 8.92. The van der Waals surface area contributed by atoms with Crippen molar-refractivity contribution in [1.82, 2.24) is 14.3 Å². The van der Waals surface area contributed by atoms with Crippen molar-refractivity contribution in [1.29, 1.82) is 0 Å². The largest absolute Gasteiger partial charge is 0.241 e. The number of pyridine rings is 1. The molecule has 16 heavy (non-hydrogen) atoms. The van der Waals surface area contributed by atoms with Gasteiger partial charge in [-0.1, -0.05) is 6.07 Å². The fourth-order valence-corrected chi connectivity index (χ4v) is 1.99. The summed E-state index contributed by atoms with van der Waals surface area (Å²) in [4.78, 5) is 0. The van der Waals surface area contributed by atoms with Crippen LogP contribution in [0.25, 0.3) is 5.52 Å². The molecule has 0 radical (unpaired) electrons. The van der Waals surface area contributed by atoms with Crippen LogP contribution in [0.4, 0.5) is 0 Å². The average molecular weight is 239 g/mol. The summed E-state index contributed by atoms with van der Waals surface area (Å²) >= 11 is 0. The Morgan fingerprint density at radius 2 is 2.25 bits per heavy atom. The first kappa shape index (κ1) is 11.1. The lowest BCUT2D eigenvalue weighted by Gasteiger charge is -2.02. The van der Waals surface area contributed by atoms with E-state index in [1.54, 1.807) is 17.6 Å². The molecule has 0 fully saturated rings. The molecule has 0 aliphatic rings. The Kier molecular flexibility index (Phi) is 2.93. The number of hydrogen-bond donors (Lipinski definition) is 1. The van der Waals surface area contributed by atoms with Gasteiger partial charge in [-0.05, 0) is 19.1 Å². The molecule has 0 aliphatic carbocycles. The van der Waals surface area contributed by atoms with E-state index in [9.17, 15) is 8.42 Å². The molecule has 0 aromatic carbocycles. The lowest BCUT2D eigenvalue weighted by atomic mass is 10.3. The second-order valence-corrected chi connectivity index (χ2v) is 5.52. The van der Waals surface area contributed by atoms with Crippen molar-refractivity contribution in [3.63, 3.8) is 0 Å². The first-order valence-corrected chi connectivity index (χ1v) is 6.66. The van der Waals surface area contributed by atoms with E-state index in [0.29, 0.717) is 0 Å². The molecule has 6 heteroatoms. The molecule has 0 aliphatic heterocycles. The molecule has 2 aromatic heterocycles. The van der Waals surface area contributed by atoms with Gasteiger partial charge >= 0.3 is 0 Å². The first-order chi connectivity index (χ1) is 7.62. The first-order valence-electron chi connectivity index (χ1n) is 5.01. The molecule has 86 valence electrons. The molecule has 0 atom stereocenters. The van der Waals surface area contributed by atoms with E-state index in [1.807, 2.05) is 24.4 Å². The van der Waals surface area contributed by atoms with Gasteiger partial charge in [-0.25, -0.2) is 17.7 Å². The van der Waals surface area contributed by atoms with Crippen LogP contribution in [-0.4, -0.2) is 23.8 Å². The van der Waals surface area contributed by atoms with Crippen LogP contribution in [0.5, 0.6) is 0 Å². The van der Waals surface area contributed by atoms with Crippen LogP contribution < -0.4 is 4.72 Å². The van der Waals surface area contributed by atoms with Crippen LogP contribution in [0.3, 0.4) is 0 Å². The van der Waals surface area contributed by atoms with Gasteiger partial charge in [0.05, 0.1) is 17.5 Å². The normalized spacial score (nSPS) is 12.1. The fourth-order valence-electron chi connectivity index (χ4n) is 1.41. The maximum absolute atomic E-state index is 11.3. The number of fused-ring (bicyclic) bond motifs is 1. The molecule has 0 unspecified atom stereocenters. The van der Waals surface area contributed by atoms with Crippen molar-refractivity contribution in [3.8, 4) is 0 Å². The van der Waals surface area contributed by atoms with Gasteiger partial charge in [0.2, 0.25) is 10.0 Å². The van der Waals surface area contributed by atoms with Crippen molar-refractivity contribution in [2.24, 2.45) is 0 Å². The highest BCUT2D eigenvalue weighted by molar-refractivity contribution is 7.89. The van der Waals surface area contributed by atoms with E-state index >= 15 is 0 Å². The summed E-state index contributed by atoms with van der Waals surface area (Å²) in [6, 6.07) is 5.68. The molecular formula is C10H13N3O2S. The topological polar surface area (TPSA) is 63.5 Å². The number of sulfonamides is 1. The predicted octanol–water partition coefficient (Wildman–Crippen LogP) is 0.774. The van der Waals surface area contributed by atoms with Gasteiger partial charge in [0.25, 0.3) is 0 Å². The van der Waals surface area contributed by atoms with E-state index in [1.165, 1.54) is 0 Å². The van der Waals surface area contributed by atoms with Gasteiger partial charge in [0.15, 0.2) is 0 Å². The Morgan fingerprint density at radius 3 is 3.00 bits per heavy atom. The van der Waals surface area contributed by atoms with E-state index in [-0.39, 0.29) is 12.3 Å². The summed E-state index contributed by atoms with van der Waals surface area (Å²) in [6.07, 6.45) is 3.50. The van der Waals surface area contributed by atoms with Crippen molar-refractivity contribution in [2.75, 3.05) is 5.75 Å². The van der Waals surface area contributed by atoms with Crippen LogP contribution in [0, 0.1) is 0 Å². The Hall–Kier alpha value is -1.40. The third-order valence-electron chi connectivity index (χ3n) is 2.37. The summed E-state index contributed by atoms with van der Waals surface area (Å²) < 4.78 is 26.8. The number of nitrogens with one attached hydrogen (secondary N) is 1. The monoisotopic (exact) mass is 239 g/mol. The van der Waals surface area contributed by atoms with Crippen LogP contribution >= 0.6 is 0 Å². The minimum absolute atomic E-state index is 0.0895. The minimum atomic E-state index is -3.15. The Bertz CT molecular complexity index is 589. The van der Waals surface area contributed by atoms with Gasteiger partial charge in [-0.15, -0.1) is 0 Å². The molecule has 1 N–H and O–H groups in total. The zero-order valence-corrected chi connectivity index (χ0v) is 9.74. The van der Waals surface area contributed by atoms with Crippen molar-refractivity contribution in [2.45, 2.75) is 13.5 Å². The minimum Gasteiger partial charge on any atom is -0.241 e. The van der Waals surface area contributed by atoms with Gasteiger partial charge < -0.3 is 0 Å². The van der Waals surface area contributed by atoms with Crippen molar-refractivity contribution < 1.29 is 8.42 Å². The van der Waals surface area contributed by atoms with Crippen molar-refractivity contribution in [3.05, 3.63) is 36.2 Å². The van der Waals surface area contributed by atoms with Gasteiger partial charge in [-0.2, -0.15) is 5.10 Å². The Labute approximate surface area is 94.1 Å². The van der Waals surface area contributed by atoms with Gasteiger partial charge in [0, 0.05) is 18.3 Å². The van der Waals surface area contributed by atoms with E-state index < -0.39 is 10.0 Å². The zero-order chi connectivity index (χ0) is 11.6.